The van der Waals surface area contributed by atoms with Gasteiger partial charge in [-0.15, -0.1) is 6.42 Å². The minimum Gasteiger partial charge on any atom is -0.469 e. The van der Waals surface area contributed by atoms with Gasteiger partial charge in [0.15, 0.2) is 0 Å². The third kappa shape index (κ3) is 3.32. The van der Waals surface area contributed by atoms with E-state index in [-0.39, 0.29) is 11.9 Å². The first kappa shape index (κ1) is 12.1. The number of terminal acetylenes is 1. The molecule has 0 saturated carbocycles. The first-order chi connectivity index (χ1) is 7.67. The molecule has 0 aliphatic carbocycles. The van der Waals surface area contributed by atoms with E-state index in [0.717, 1.165) is 11.3 Å². The summed E-state index contributed by atoms with van der Waals surface area (Å²) in [5.74, 6) is 2.15. The van der Waals surface area contributed by atoms with Crippen LogP contribution >= 0.6 is 0 Å². The van der Waals surface area contributed by atoms with Crippen LogP contribution in [0, 0.1) is 18.3 Å². The highest BCUT2D eigenvalue weighted by Crippen LogP contribution is 2.10. The molecule has 0 saturated heterocycles. The van der Waals surface area contributed by atoms with Crippen molar-refractivity contribution in [3.8, 4) is 12.3 Å². The summed E-state index contributed by atoms with van der Waals surface area (Å²) in [6.07, 6.45) is 5.29. The fraction of sp³-hybridized carbons (Fsp3) is 0.308. The third-order valence-corrected chi connectivity index (χ3v) is 2.25. The van der Waals surface area contributed by atoms with E-state index in [1.807, 2.05) is 31.2 Å². The molecule has 0 amide bonds. The molecular weight excluding hydrogens is 202 g/mol. The topological polar surface area (TPSA) is 38.3 Å². The van der Waals surface area contributed by atoms with E-state index in [0.29, 0.717) is 6.54 Å². The van der Waals surface area contributed by atoms with Gasteiger partial charge in [-0.25, -0.2) is 0 Å². The second-order valence-electron chi connectivity index (χ2n) is 3.53. The van der Waals surface area contributed by atoms with Crippen molar-refractivity contribution >= 4 is 11.7 Å². The predicted octanol–water partition coefficient (Wildman–Crippen LogP) is 1.89. The minimum absolute atomic E-state index is 0.181. The molecule has 1 aromatic rings. The van der Waals surface area contributed by atoms with Gasteiger partial charge in [-0.2, -0.15) is 0 Å². The highest BCUT2D eigenvalue weighted by Gasteiger charge is 2.12. The number of rotatable bonds is 4. The monoisotopic (exact) mass is 217 g/mol. The van der Waals surface area contributed by atoms with Crippen molar-refractivity contribution in [1.29, 1.82) is 0 Å². The van der Waals surface area contributed by atoms with E-state index in [2.05, 4.69) is 16.0 Å². The number of ether oxygens (including phenoxy) is 1. The molecule has 0 bridgehead atoms. The van der Waals surface area contributed by atoms with Gasteiger partial charge in [0.1, 0.15) is 0 Å². The van der Waals surface area contributed by atoms with E-state index < -0.39 is 0 Å². The lowest BCUT2D eigenvalue weighted by molar-refractivity contribution is -0.144. The molecule has 1 atom stereocenters. The zero-order valence-corrected chi connectivity index (χ0v) is 9.49. The Labute approximate surface area is 95.8 Å². The molecule has 16 heavy (non-hydrogen) atoms. The summed E-state index contributed by atoms with van der Waals surface area (Å²) >= 11 is 0. The van der Waals surface area contributed by atoms with Crippen molar-refractivity contribution in [2.45, 2.75) is 6.92 Å². The molecular formula is C13H15NO2. The molecule has 0 heterocycles. The summed E-state index contributed by atoms with van der Waals surface area (Å²) in [5, 5.41) is 3.14. The molecule has 3 heteroatoms. The molecule has 1 N–H and O–H groups in total. The molecule has 0 radical (unpaired) electrons. The van der Waals surface area contributed by atoms with Crippen LogP contribution in [0.3, 0.4) is 0 Å². The van der Waals surface area contributed by atoms with Crippen LogP contribution in [0.1, 0.15) is 12.5 Å². The molecule has 0 fully saturated rings. The van der Waals surface area contributed by atoms with Gasteiger partial charge < -0.3 is 10.1 Å². The van der Waals surface area contributed by atoms with Gasteiger partial charge >= 0.3 is 5.97 Å². The standard InChI is InChI=1S/C13H15NO2/c1-4-11-6-5-7-12(8-11)14-9-10(2)13(15)16-3/h1,5-8,10,14H,9H2,2-3H3. The molecule has 3 nitrogen and oxygen atoms in total. The number of carbonyl (C=O) groups excluding carboxylic acids is 1. The van der Waals surface area contributed by atoms with Crippen LogP contribution in [0.15, 0.2) is 24.3 Å². The van der Waals surface area contributed by atoms with Crippen LogP contribution in [0.2, 0.25) is 0 Å². The number of hydrogen-bond acceptors (Lipinski definition) is 3. The molecule has 1 unspecified atom stereocenters. The lowest BCUT2D eigenvalue weighted by Crippen LogP contribution is -2.21. The Morgan fingerprint density at radius 2 is 2.38 bits per heavy atom. The van der Waals surface area contributed by atoms with Gasteiger partial charge in [0.25, 0.3) is 0 Å². The number of hydrogen-bond donors (Lipinski definition) is 1. The number of nitrogens with one attached hydrogen (secondary N) is 1. The van der Waals surface area contributed by atoms with Crippen LogP contribution in [0.25, 0.3) is 0 Å². The highest BCUT2D eigenvalue weighted by atomic mass is 16.5. The molecule has 0 aliphatic heterocycles. The normalized spacial score (nSPS) is 11.3. The van der Waals surface area contributed by atoms with Crippen molar-refractivity contribution in [3.05, 3.63) is 29.8 Å². The molecule has 0 aliphatic rings. The zero-order chi connectivity index (χ0) is 12.0. The van der Waals surface area contributed by atoms with Crippen LogP contribution in [0.4, 0.5) is 5.69 Å². The number of benzene rings is 1. The smallest absolute Gasteiger partial charge is 0.310 e. The Kier molecular flexibility index (Phi) is 4.41. The Morgan fingerprint density at radius 3 is 3.00 bits per heavy atom. The SMILES string of the molecule is C#Cc1cccc(NCC(C)C(=O)OC)c1. The zero-order valence-electron chi connectivity index (χ0n) is 9.49. The lowest BCUT2D eigenvalue weighted by Gasteiger charge is -2.11. The van der Waals surface area contributed by atoms with Crippen molar-refractivity contribution in [2.75, 3.05) is 19.0 Å². The van der Waals surface area contributed by atoms with E-state index in [4.69, 9.17) is 6.42 Å². The maximum absolute atomic E-state index is 11.2. The Balaban J connectivity index is 2.55. The number of methoxy groups -OCH3 is 1. The third-order valence-electron chi connectivity index (χ3n) is 2.25. The van der Waals surface area contributed by atoms with Crippen LogP contribution in [-0.4, -0.2) is 19.6 Å². The predicted molar refractivity (Wildman–Crippen MR) is 64.0 cm³/mol. The van der Waals surface area contributed by atoms with Crippen molar-refractivity contribution in [2.24, 2.45) is 5.92 Å². The first-order valence-corrected chi connectivity index (χ1v) is 5.05. The average Bonchev–Trinajstić information content (AvgIpc) is 2.35. The maximum Gasteiger partial charge on any atom is 0.310 e. The van der Waals surface area contributed by atoms with Crippen LogP contribution in [0.5, 0.6) is 0 Å². The van der Waals surface area contributed by atoms with Gasteiger partial charge in [0.05, 0.1) is 13.0 Å². The number of carbonyl (C=O) groups is 1. The summed E-state index contributed by atoms with van der Waals surface area (Å²) < 4.78 is 4.63. The van der Waals surface area contributed by atoms with Gasteiger partial charge in [-0.1, -0.05) is 18.9 Å². The van der Waals surface area contributed by atoms with E-state index >= 15 is 0 Å². The Bertz CT molecular complexity index is 407. The fourth-order valence-electron chi connectivity index (χ4n) is 1.27. The summed E-state index contributed by atoms with van der Waals surface area (Å²) in [6.45, 7) is 2.34. The average molecular weight is 217 g/mol. The number of esters is 1. The van der Waals surface area contributed by atoms with Crippen molar-refractivity contribution < 1.29 is 9.53 Å². The maximum atomic E-state index is 11.2. The van der Waals surface area contributed by atoms with E-state index in [1.165, 1.54) is 7.11 Å². The minimum atomic E-state index is -0.222. The second kappa shape index (κ2) is 5.82. The van der Waals surface area contributed by atoms with Gasteiger partial charge in [-0.05, 0) is 18.2 Å². The van der Waals surface area contributed by atoms with Crippen LogP contribution in [-0.2, 0) is 9.53 Å². The summed E-state index contributed by atoms with van der Waals surface area (Å²) in [4.78, 5) is 11.2. The summed E-state index contributed by atoms with van der Waals surface area (Å²) in [5.41, 5.74) is 1.72. The van der Waals surface area contributed by atoms with Gasteiger partial charge in [0, 0.05) is 17.8 Å². The molecule has 84 valence electrons. The second-order valence-corrected chi connectivity index (χ2v) is 3.53. The summed E-state index contributed by atoms with van der Waals surface area (Å²) in [6, 6.07) is 7.50. The highest BCUT2D eigenvalue weighted by molar-refractivity contribution is 5.72. The fourth-order valence-corrected chi connectivity index (χ4v) is 1.27. The molecule has 1 rings (SSSR count). The largest absolute Gasteiger partial charge is 0.469 e. The quantitative estimate of drug-likeness (QED) is 0.618. The molecule has 1 aromatic carbocycles. The van der Waals surface area contributed by atoms with Gasteiger partial charge in [-0.3, -0.25) is 4.79 Å². The summed E-state index contributed by atoms with van der Waals surface area (Å²) in [7, 11) is 1.39. The van der Waals surface area contributed by atoms with Crippen molar-refractivity contribution in [1.82, 2.24) is 0 Å². The van der Waals surface area contributed by atoms with Crippen molar-refractivity contribution in [3.63, 3.8) is 0 Å². The first-order valence-electron chi connectivity index (χ1n) is 5.05. The van der Waals surface area contributed by atoms with E-state index in [1.54, 1.807) is 0 Å². The Hall–Kier alpha value is -1.95. The lowest BCUT2D eigenvalue weighted by atomic mass is 10.1. The molecule has 0 spiro atoms. The van der Waals surface area contributed by atoms with Crippen LogP contribution < -0.4 is 5.32 Å². The number of anilines is 1. The van der Waals surface area contributed by atoms with Gasteiger partial charge in [0.2, 0.25) is 0 Å². The Morgan fingerprint density at radius 1 is 1.62 bits per heavy atom. The van der Waals surface area contributed by atoms with E-state index in [9.17, 15) is 4.79 Å². The molecule has 0 aromatic heterocycles.